The molecule has 0 fully saturated rings. The number of rotatable bonds is 3. The summed E-state index contributed by atoms with van der Waals surface area (Å²) in [5.41, 5.74) is 0. The molecule has 0 unspecified atom stereocenters. The first-order chi connectivity index (χ1) is 6.65. The van der Waals surface area contributed by atoms with Gasteiger partial charge >= 0.3 is 11.4 Å². The van der Waals surface area contributed by atoms with Gasteiger partial charge in [0.05, 0.1) is 0 Å². The van der Waals surface area contributed by atoms with E-state index in [0.29, 0.717) is 13.1 Å². The molecule has 0 N–H and O–H groups in total. The molecule has 0 aliphatic heterocycles. The van der Waals surface area contributed by atoms with Crippen molar-refractivity contribution in [2.24, 2.45) is 0 Å². The maximum Gasteiger partial charge on any atom is 0.464 e. The Bertz CT molecular complexity index is 224. The van der Waals surface area contributed by atoms with Crippen LogP contribution in [0.3, 0.4) is 0 Å². The topological polar surface area (TPSA) is 3.24 Å². The molecule has 0 aromatic rings. The first-order valence-electron chi connectivity index (χ1n) is 4.08. The average Bonchev–Trinajstić information content (AvgIpc) is 2.03. The molecule has 0 aliphatic rings. The third-order valence-corrected chi connectivity index (χ3v) is 3.00. The first kappa shape index (κ1) is 14.9. The SMILES string of the molecule is CCN(CC)C(=S)SC(F)(F)C(F)(F)F. The quantitative estimate of drug-likeness (QED) is 0.569. The Labute approximate surface area is 94.0 Å². The summed E-state index contributed by atoms with van der Waals surface area (Å²) in [6, 6.07) is 0. The zero-order valence-electron chi connectivity index (χ0n) is 8.07. The second-order valence-electron chi connectivity index (χ2n) is 2.55. The lowest BCUT2D eigenvalue weighted by Crippen LogP contribution is -2.37. The highest BCUT2D eigenvalue weighted by molar-refractivity contribution is 8.23. The van der Waals surface area contributed by atoms with Crippen LogP contribution in [0, 0.1) is 0 Å². The molecule has 0 aliphatic carbocycles. The third-order valence-electron chi connectivity index (χ3n) is 1.57. The van der Waals surface area contributed by atoms with Gasteiger partial charge in [-0.15, -0.1) is 0 Å². The van der Waals surface area contributed by atoms with Gasteiger partial charge in [-0.05, 0) is 25.6 Å². The molecule has 8 heteroatoms. The van der Waals surface area contributed by atoms with Crippen LogP contribution in [0.2, 0.25) is 0 Å². The highest BCUT2D eigenvalue weighted by atomic mass is 32.2. The summed E-state index contributed by atoms with van der Waals surface area (Å²) in [6.07, 6.45) is -5.57. The lowest BCUT2D eigenvalue weighted by atomic mass is 10.6. The van der Waals surface area contributed by atoms with E-state index in [-0.39, 0.29) is 0 Å². The third kappa shape index (κ3) is 4.10. The van der Waals surface area contributed by atoms with Crippen molar-refractivity contribution in [2.45, 2.75) is 25.3 Å². The minimum absolute atomic E-state index is 0.302. The van der Waals surface area contributed by atoms with Crippen LogP contribution in [0.5, 0.6) is 0 Å². The van der Waals surface area contributed by atoms with Gasteiger partial charge in [0, 0.05) is 13.1 Å². The lowest BCUT2D eigenvalue weighted by Gasteiger charge is -2.25. The summed E-state index contributed by atoms with van der Waals surface area (Å²) in [5, 5.41) is -4.83. The smallest absolute Gasteiger partial charge is 0.358 e. The van der Waals surface area contributed by atoms with E-state index in [1.807, 2.05) is 0 Å². The van der Waals surface area contributed by atoms with Crippen molar-refractivity contribution < 1.29 is 22.0 Å². The van der Waals surface area contributed by atoms with Gasteiger partial charge in [0.1, 0.15) is 4.32 Å². The van der Waals surface area contributed by atoms with Crippen molar-refractivity contribution in [1.29, 1.82) is 0 Å². The van der Waals surface area contributed by atoms with E-state index in [0.717, 1.165) is 0 Å². The molecular formula is C7H10F5NS2. The van der Waals surface area contributed by atoms with Gasteiger partial charge in [-0.25, -0.2) is 0 Å². The molecule has 0 aromatic carbocycles. The van der Waals surface area contributed by atoms with Crippen LogP contribution in [0.1, 0.15) is 13.8 Å². The summed E-state index contributed by atoms with van der Waals surface area (Å²) >= 11 is 3.86. The predicted octanol–water partition coefficient (Wildman–Crippen LogP) is 3.50. The van der Waals surface area contributed by atoms with Crippen LogP contribution in [-0.4, -0.2) is 33.7 Å². The van der Waals surface area contributed by atoms with E-state index in [1.54, 1.807) is 13.8 Å². The molecule has 0 heterocycles. The van der Waals surface area contributed by atoms with E-state index in [1.165, 1.54) is 4.90 Å². The highest BCUT2D eigenvalue weighted by Gasteiger charge is 2.59. The fourth-order valence-corrected chi connectivity index (χ4v) is 2.01. The first-order valence-corrected chi connectivity index (χ1v) is 5.30. The Morgan fingerprint density at radius 2 is 1.53 bits per heavy atom. The van der Waals surface area contributed by atoms with Gasteiger partial charge in [-0.2, -0.15) is 22.0 Å². The summed E-state index contributed by atoms with van der Waals surface area (Å²) in [4.78, 5) is 1.26. The number of thiocarbonyl (C=S) groups is 1. The van der Waals surface area contributed by atoms with E-state index >= 15 is 0 Å². The second kappa shape index (κ2) is 5.29. The van der Waals surface area contributed by atoms with Gasteiger partial charge in [0.2, 0.25) is 0 Å². The molecular weight excluding hydrogens is 257 g/mol. The standard InChI is InChI=1S/C7H10F5NS2/c1-3-13(4-2)5(14)15-7(11,12)6(8,9)10/h3-4H2,1-2H3. The van der Waals surface area contributed by atoms with Crippen molar-refractivity contribution in [1.82, 2.24) is 4.90 Å². The fourth-order valence-electron chi connectivity index (χ4n) is 0.714. The number of hydrogen-bond acceptors (Lipinski definition) is 2. The second-order valence-corrected chi connectivity index (χ2v) is 4.30. The van der Waals surface area contributed by atoms with E-state index in [2.05, 4.69) is 12.2 Å². The molecule has 0 radical (unpaired) electrons. The highest BCUT2D eigenvalue weighted by Crippen LogP contribution is 2.45. The predicted molar refractivity (Wildman–Crippen MR) is 54.1 cm³/mol. The molecule has 0 bridgehead atoms. The number of hydrogen-bond donors (Lipinski definition) is 0. The molecule has 0 amide bonds. The van der Waals surface area contributed by atoms with Gasteiger partial charge in [-0.1, -0.05) is 12.2 Å². The number of alkyl halides is 5. The minimum atomic E-state index is -5.57. The molecule has 0 saturated heterocycles. The van der Waals surface area contributed by atoms with Crippen LogP contribution in [0.4, 0.5) is 22.0 Å². The minimum Gasteiger partial charge on any atom is -0.358 e. The van der Waals surface area contributed by atoms with Crippen molar-refractivity contribution in [3.8, 4) is 0 Å². The molecule has 0 rings (SSSR count). The monoisotopic (exact) mass is 267 g/mol. The Morgan fingerprint density at radius 1 is 1.13 bits per heavy atom. The van der Waals surface area contributed by atoms with Crippen molar-refractivity contribution in [3.05, 3.63) is 0 Å². The molecule has 0 saturated carbocycles. The zero-order valence-corrected chi connectivity index (χ0v) is 9.70. The Hall–Kier alpha value is -0.110. The van der Waals surface area contributed by atoms with Crippen LogP contribution < -0.4 is 0 Å². The van der Waals surface area contributed by atoms with E-state index in [4.69, 9.17) is 0 Å². The fraction of sp³-hybridized carbons (Fsp3) is 0.857. The average molecular weight is 267 g/mol. The summed E-state index contributed by atoms with van der Waals surface area (Å²) in [7, 11) is 0. The zero-order chi connectivity index (χ0) is 12.3. The summed E-state index contributed by atoms with van der Waals surface area (Å²) in [5.74, 6) is 0. The number of halogens is 5. The van der Waals surface area contributed by atoms with Crippen LogP contribution >= 0.6 is 24.0 Å². The van der Waals surface area contributed by atoms with E-state index in [9.17, 15) is 22.0 Å². The maximum atomic E-state index is 12.5. The Morgan fingerprint density at radius 3 is 1.80 bits per heavy atom. The number of thioether (sulfide) groups is 1. The lowest BCUT2D eigenvalue weighted by molar-refractivity contribution is -0.237. The molecule has 0 spiro atoms. The molecule has 15 heavy (non-hydrogen) atoms. The number of nitrogens with zero attached hydrogens (tertiary/aromatic N) is 1. The van der Waals surface area contributed by atoms with Crippen LogP contribution in [0.25, 0.3) is 0 Å². The van der Waals surface area contributed by atoms with Gasteiger partial charge in [-0.3, -0.25) is 0 Å². The summed E-state index contributed by atoms with van der Waals surface area (Å²) in [6.45, 7) is 3.86. The summed E-state index contributed by atoms with van der Waals surface area (Å²) < 4.78 is 60.1. The maximum absolute atomic E-state index is 12.5. The van der Waals surface area contributed by atoms with E-state index < -0.39 is 27.5 Å². The molecule has 0 aromatic heterocycles. The van der Waals surface area contributed by atoms with Crippen LogP contribution in [0.15, 0.2) is 0 Å². The Kier molecular flexibility index (Phi) is 5.25. The van der Waals surface area contributed by atoms with Gasteiger partial charge in [0.25, 0.3) is 0 Å². The van der Waals surface area contributed by atoms with Crippen molar-refractivity contribution >= 4 is 28.3 Å². The molecule has 1 nitrogen and oxygen atoms in total. The van der Waals surface area contributed by atoms with Crippen LogP contribution in [-0.2, 0) is 0 Å². The van der Waals surface area contributed by atoms with Crippen molar-refractivity contribution in [3.63, 3.8) is 0 Å². The largest absolute Gasteiger partial charge is 0.464 e. The Balaban J connectivity index is 4.53. The van der Waals surface area contributed by atoms with Gasteiger partial charge in [0.15, 0.2) is 0 Å². The molecule has 90 valence electrons. The van der Waals surface area contributed by atoms with Gasteiger partial charge < -0.3 is 4.90 Å². The normalized spacial score (nSPS) is 12.7. The van der Waals surface area contributed by atoms with Crippen molar-refractivity contribution in [2.75, 3.05) is 13.1 Å². The molecule has 0 atom stereocenters.